The van der Waals surface area contributed by atoms with E-state index in [0.29, 0.717) is 18.9 Å². The minimum absolute atomic E-state index is 0.00376. The van der Waals surface area contributed by atoms with Gasteiger partial charge in [-0.05, 0) is 26.2 Å². The third kappa shape index (κ3) is 9.47. The van der Waals surface area contributed by atoms with Crippen molar-refractivity contribution in [1.82, 2.24) is 15.5 Å². The first kappa shape index (κ1) is 17.9. The van der Waals surface area contributed by atoms with E-state index in [0.717, 1.165) is 26.1 Å². The van der Waals surface area contributed by atoms with Crippen molar-refractivity contribution in [3.63, 3.8) is 0 Å². The van der Waals surface area contributed by atoms with Gasteiger partial charge in [0.25, 0.3) is 0 Å². The summed E-state index contributed by atoms with van der Waals surface area (Å²) < 4.78 is 0. The fourth-order valence-corrected chi connectivity index (χ4v) is 1.69. The van der Waals surface area contributed by atoms with Crippen molar-refractivity contribution in [1.29, 1.82) is 0 Å². The molecule has 2 amide bonds. The van der Waals surface area contributed by atoms with Gasteiger partial charge in [0, 0.05) is 32.6 Å². The largest absolute Gasteiger partial charge is 0.355 e. The molecule has 0 atom stereocenters. The molecule has 0 spiro atoms. The Morgan fingerprint density at radius 3 is 2.26 bits per heavy atom. The summed E-state index contributed by atoms with van der Waals surface area (Å²) in [6, 6.07) is 0. The summed E-state index contributed by atoms with van der Waals surface area (Å²) >= 11 is 0. The fourth-order valence-electron chi connectivity index (χ4n) is 1.69. The molecule has 0 aliphatic heterocycles. The Labute approximate surface area is 117 Å². The van der Waals surface area contributed by atoms with Gasteiger partial charge in [0.15, 0.2) is 0 Å². The van der Waals surface area contributed by atoms with Crippen LogP contribution in [0.5, 0.6) is 0 Å². The van der Waals surface area contributed by atoms with Gasteiger partial charge in [0.2, 0.25) is 11.8 Å². The van der Waals surface area contributed by atoms with Gasteiger partial charge in [-0.15, -0.1) is 0 Å². The average Bonchev–Trinajstić information content (AvgIpc) is 2.35. The highest BCUT2D eigenvalue weighted by Gasteiger charge is 2.08. The second kappa shape index (κ2) is 10.8. The van der Waals surface area contributed by atoms with Crippen LogP contribution in [0.4, 0.5) is 0 Å². The van der Waals surface area contributed by atoms with E-state index in [4.69, 9.17) is 0 Å². The smallest absolute Gasteiger partial charge is 0.233 e. The maximum Gasteiger partial charge on any atom is 0.233 e. The molecule has 0 aromatic heterocycles. The summed E-state index contributed by atoms with van der Waals surface area (Å²) in [4.78, 5) is 24.9. The van der Waals surface area contributed by atoms with Gasteiger partial charge in [-0.3, -0.25) is 9.59 Å². The Bertz CT molecular complexity index is 263. The number of hydrogen-bond donors (Lipinski definition) is 2. The van der Waals surface area contributed by atoms with E-state index < -0.39 is 0 Å². The quantitative estimate of drug-likeness (QED) is 0.583. The van der Waals surface area contributed by atoms with Crippen LogP contribution in [0.1, 0.15) is 40.5 Å². The van der Waals surface area contributed by atoms with Crippen LogP contribution in [0.25, 0.3) is 0 Å². The van der Waals surface area contributed by atoms with Gasteiger partial charge in [0.1, 0.15) is 0 Å². The SMILES string of the molecule is CCN(CC)C(=O)CCNCC(=O)NCCC(C)C. The van der Waals surface area contributed by atoms with Crippen molar-refractivity contribution >= 4 is 11.8 Å². The van der Waals surface area contributed by atoms with Crippen molar-refractivity contribution in [2.75, 3.05) is 32.7 Å². The first-order valence-corrected chi connectivity index (χ1v) is 7.26. The molecule has 0 saturated heterocycles. The van der Waals surface area contributed by atoms with E-state index in [2.05, 4.69) is 24.5 Å². The highest BCUT2D eigenvalue weighted by atomic mass is 16.2. The van der Waals surface area contributed by atoms with Crippen LogP contribution < -0.4 is 10.6 Å². The first-order chi connectivity index (χ1) is 9.01. The fraction of sp³-hybridized carbons (Fsp3) is 0.857. The van der Waals surface area contributed by atoms with Crippen LogP contribution in [0.2, 0.25) is 0 Å². The molecule has 0 aliphatic carbocycles. The number of amides is 2. The summed E-state index contributed by atoms with van der Waals surface area (Å²) in [6.07, 6.45) is 1.44. The van der Waals surface area contributed by atoms with Crippen molar-refractivity contribution in [3.8, 4) is 0 Å². The summed E-state index contributed by atoms with van der Waals surface area (Å²) in [7, 11) is 0. The topological polar surface area (TPSA) is 61.4 Å². The van der Waals surface area contributed by atoms with Crippen LogP contribution in [0.3, 0.4) is 0 Å². The maximum atomic E-state index is 11.7. The molecule has 19 heavy (non-hydrogen) atoms. The molecule has 112 valence electrons. The number of carbonyl (C=O) groups excluding carboxylic acids is 2. The van der Waals surface area contributed by atoms with Gasteiger partial charge >= 0.3 is 0 Å². The highest BCUT2D eigenvalue weighted by Crippen LogP contribution is 1.96. The molecule has 5 nitrogen and oxygen atoms in total. The molecule has 0 aliphatic rings. The number of nitrogens with zero attached hydrogens (tertiary/aromatic N) is 1. The summed E-state index contributed by atoms with van der Waals surface area (Å²) in [5, 5.41) is 5.85. The van der Waals surface area contributed by atoms with Crippen molar-refractivity contribution in [2.45, 2.75) is 40.5 Å². The lowest BCUT2D eigenvalue weighted by Gasteiger charge is -2.18. The zero-order valence-corrected chi connectivity index (χ0v) is 12.8. The second-order valence-electron chi connectivity index (χ2n) is 5.03. The average molecular weight is 271 g/mol. The van der Waals surface area contributed by atoms with Gasteiger partial charge in [-0.2, -0.15) is 0 Å². The zero-order chi connectivity index (χ0) is 14.7. The third-order valence-electron chi connectivity index (χ3n) is 2.96. The van der Waals surface area contributed by atoms with E-state index in [1.165, 1.54) is 0 Å². The Hall–Kier alpha value is -1.10. The van der Waals surface area contributed by atoms with Crippen molar-refractivity contribution < 1.29 is 9.59 Å². The second-order valence-corrected chi connectivity index (χ2v) is 5.03. The summed E-state index contributed by atoms with van der Waals surface area (Å²) in [5.74, 6) is 0.730. The van der Waals surface area contributed by atoms with E-state index in [9.17, 15) is 9.59 Å². The number of hydrogen-bond acceptors (Lipinski definition) is 3. The first-order valence-electron chi connectivity index (χ1n) is 7.26. The Kier molecular flexibility index (Phi) is 10.2. The lowest BCUT2D eigenvalue weighted by molar-refractivity contribution is -0.131. The van der Waals surface area contributed by atoms with Crippen LogP contribution in [0, 0.1) is 5.92 Å². The van der Waals surface area contributed by atoms with Crippen molar-refractivity contribution in [3.05, 3.63) is 0 Å². The summed E-state index contributed by atoms with van der Waals surface area (Å²) in [6.45, 7) is 11.2. The molecular weight excluding hydrogens is 242 g/mol. The van der Waals surface area contributed by atoms with Crippen LogP contribution in [0.15, 0.2) is 0 Å². The minimum atomic E-state index is -0.00376. The van der Waals surface area contributed by atoms with Crippen LogP contribution in [-0.4, -0.2) is 49.4 Å². The molecule has 5 heteroatoms. The molecule has 0 radical (unpaired) electrons. The normalized spacial score (nSPS) is 10.6. The number of carbonyl (C=O) groups is 2. The third-order valence-corrected chi connectivity index (χ3v) is 2.96. The van der Waals surface area contributed by atoms with E-state index in [1.54, 1.807) is 4.90 Å². The molecule has 0 saturated carbocycles. The molecule has 0 unspecified atom stereocenters. The molecule has 0 bridgehead atoms. The summed E-state index contributed by atoms with van der Waals surface area (Å²) in [5.41, 5.74) is 0. The minimum Gasteiger partial charge on any atom is -0.355 e. The lowest BCUT2D eigenvalue weighted by atomic mass is 10.1. The van der Waals surface area contributed by atoms with Crippen LogP contribution in [-0.2, 0) is 9.59 Å². The van der Waals surface area contributed by atoms with Gasteiger partial charge in [0.05, 0.1) is 6.54 Å². The monoisotopic (exact) mass is 271 g/mol. The van der Waals surface area contributed by atoms with Crippen molar-refractivity contribution in [2.24, 2.45) is 5.92 Å². The lowest BCUT2D eigenvalue weighted by Crippen LogP contribution is -2.37. The molecule has 0 rings (SSSR count). The Balaban J connectivity index is 3.58. The molecule has 0 aromatic carbocycles. The highest BCUT2D eigenvalue weighted by molar-refractivity contribution is 5.78. The predicted molar refractivity (Wildman–Crippen MR) is 77.9 cm³/mol. The molecule has 2 N–H and O–H groups in total. The standard InChI is InChI=1S/C14H29N3O2/c1-5-17(6-2)14(19)8-9-15-11-13(18)16-10-7-12(3)4/h12,15H,5-11H2,1-4H3,(H,16,18). The number of rotatable bonds is 10. The van der Waals surface area contributed by atoms with E-state index >= 15 is 0 Å². The van der Waals surface area contributed by atoms with E-state index in [1.807, 2.05) is 13.8 Å². The Morgan fingerprint density at radius 2 is 1.74 bits per heavy atom. The van der Waals surface area contributed by atoms with Gasteiger partial charge in [-0.25, -0.2) is 0 Å². The molecule has 0 heterocycles. The molecular formula is C14H29N3O2. The van der Waals surface area contributed by atoms with Gasteiger partial charge < -0.3 is 15.5 Å². The molecule has 0 fully saturated rings. The van der Waals surface area contributed by atoms with Crippen LogP contribution >= 0.6 is 0 Å². The van der Waals surface area contributed by atoms with Gasteiger partial charge in [-0.1, -0.05) is 13.8 Å². The zero-order valence-electron chi connectivity index (χ0n) is 12.8. The molecule has 0 aromatic rings. The predicted octanol–water partition coefficient (Wildman–Crippen LogP) is 0.997. The maximum absolute atomic E-state index is 11.7. The van der Waals surface area contributed by atoms with E-state index in [-0.39, 0.29) is 18.4 Å². The number of nitrogens with one attached hydrogen (secondary N) is 2. The Morgan fingerprint density at radius 1 is 1.11 bits per heavy atom.